The van der Waals surface area contributed by atoms with Gasteiger partial charge in [-0.3, -0.25) is 0 Å². The summed E-state index contributed by atoms with van der Waals surface area (Å²) in [7, 11) is 0. The topological polar surface area (TPSA) is 0 Å². The second kappa shape index (κ2) is 7.74. The van der Waals surface area contributed by atoms with Crippen LogP contribution >= 0.6 is 0 Å². The van der Waals surface area contributed by atoms with Gasteiger partial charge in [0.1, 0.15) is 5.75 Å². The molecule has 1 aromatic carbocycles. The highest BCUT2D eigenvalue weighted by Gasteiger charge is 1.97. The van der Waals surface area contributed by atoms with Crippen molar-refractivity contribution in [3.8, 4) is 0 Å². The number of hydrogen-bond donors (Lipinski definition) is 0. The minimum absolute atomic E-state index is 1.19. The van der Waals surface area contributed by atoms with Crippen molar-refractivity contribution in [1.82, 2.24) is 0 Å². The first kappa shape index (κ1) is 13.4. The molecule has 0 bridgehead atoms. The molecule has 1 rings (SSSR count). The van der Waals surface area contributed by atoms with Crippen LogP contribution in [0.3, 0.4) is 0 Å². The molecule has 0 nitrogen and oxygen atoms in total. The smallest absolute Gasteiger partial charge is 0.174 e. The standard InChI is InChI=1S/C9H12S.CHF3/c1-8-5-3-4-6-9(8)7-10-2;2-1(3)4/h3-6H,7H2,1-2H3;1H/p+1. The molecule has 80 valence electrons. The average Bonchev–Trinajstić information content (AvgIpc) is 2.08. The zero-order chi connectivity index (χ0) is 11.0. The predicted octanol–water partition coefficient (Wildman–Crippen LogP) is 3.12. The third kappa shape index (κ3) is 6.83. The van der Waals surface area contributed by atoms with Crippen molar-refractivity contribution in [2.75, 3.05) is 6.26 Å². The molecule has 0 aliphatic carbocycles. The third-order valence-corrected chi connectivity index (χ3v) is 2.25. The highest BCUT2D eigenvalue weighted by Crippen LogP contribution is 2.07. The van der Waals surface area contributed by atoms with E-state index in [0.29, 0.717) is 0 Å². The maximum absolute atomic E-state index is 9.67. The second-order valence-corrected chi connectivity index (χ2v) is 3.60. The Kier molecular flexibility index (Phi) is 7.38. The van der Waals surface area contributed by atoms with Gasteiger partial charge in [-0.2, -0.15) is 13.2 Å². The molecule has 1 aromatic rings. The number of rotatable bonds is 2. The van der Waals surface area contributed by atoms with Gasteiger partial charge >= 0.3 is 6.68 Å². The molecule has 0 aliphatic heterocycles. The van der Waals surface area contributed by atoms with E-state index in [-0.39, 0.29) is 0 Å². The highest BCUT2D eigenvalue weighted by atomic mass is 32.2. The summed E-state index contributed by atoms with van der Waals surface area (Å²) in [6, 6.07) is 8.56. The molecule has 0 N–H and O–H groups in total. The first-order chi connectivity index (χ1) is 6.57. The molecule has 0 amide bonds. The molecule has 14 heavy (non-hydrogen) atoms. The molecule has 0 atom stereocenters. The Bertz CT molecular complexity index is 248. The Morgan fingerprint density at radius 2 is 1.71 bits per heavy atom. The van der Waals surface area contributed by atoms with Gasteiger partial charge in [0.15, 0.2) is 0 Å². The van der Waals surface area contributed by atoms with E-state index in [1.165, 1.54) is 28.6 Å². The molecule has 0 unspecified atom stereocenters. The fourth-order valence-electron chi connectivity index (χ4n) is 0.958. The van der Waals surface area contributed by atoms with E-state index in [2.05, 4.69) is 37.4 Å². The van der Waals surface area contributed by atoms with Crippen LogP contribution < -0.4 is 0 Å². The summed E-state index contributed by atoms with van der Waals surface area (Å²) >= 11 is 1.45. The molecular weight excluding hydrogens is 209 g/mol. The highest BCUT2D eigenvalue weighted by molar-refractivity contribution is 7.76. The number of aryl methyl sites for hydroxylation is 1. The average molecular weight is 223 g/mol. The quantitative estimate of drug-likeness (QED) is 0.534. The van der Waals surface area contributed by atoms with Gasteiger partial charge in [0.25, 0.3) is 0 Å². The Morgan fingerprint density at radius 3 is 2.14 bits per heavy atom. The van der Waals surface area contributed by atoms with Crippen LogP contribution in [-0.2, 0) is 17.5 Å². The van der Waals surface area contributed by atoms with E-state index in [1.54, 1.807) is 0 Å². The van der Waals surface area contributed by atoms with Crippen LogP contribution in [0, 0.1) is 6.92 Å². The number of hydrogen-bond acceptors (Lipinski definition) is 0. The monoisotopic (exact) mass is 223 g/mol. The SMILES string of the molecule is C[SH+]Cc1ccccc1C.FC(F)F. The van der Waals surface area contributed by atoms with Crippen LogP contribution in [0.5, 0.6) is 0 Å². The van der Waals surface area contributed by atoms with Crippen molar-refractivity contribution in [1.29, 1.82) is 0 Å². The van der Waals surface area contributed by atoms with E-state index in [0.717, 1.165) is 0 Å². The molecule has 0 heterocycles. The van der Waals surface area contributed by atoms with E-state index < -0.39 is 6.68 Å². The normalized spacial score (nSPS) is 9.57. The largest absolute Gasteiger partial charge is 0.379 e. The van der Waals surface area contributed by atoms with Gasteiger partial charge < -0.3 is 0 Å². The summed E-state index contributed by atoms with van der Waals surface area (Å²) in [5, 5.41) is 0. The zero-order valence-electron chi connectivity index (χ0n) is 8.17. The van der Waals surface area contributed by atoms with Gasteiger partial charge in [-0.1, -0.05) is 24.3 Å². The van der Waals surface area contributed by atoms with Crippen LogP contribution in [0.2, 0.25) is 0 Å². The van der Waals surface area contributed by atoms with Crippen molar-refractivity contribution >= 4 is 11.8 Å². The van der Waals surface area contributed by atoms with Gasteiger partial charge in [-0.25, -0.2) is 0 Å². The third-order valence-electron chi connectivity index (χ3n) is 1.59. The van der Waals surface area contributed by atoms with Crippen LogP contribution in [0.15, 0.2) is 24.3 Å². The summed E-state index contributed by atoms with van der Waals surface area (Å²) in [6.45, 7) is -1.50. The minimum atomic E-state index is -3.67. The summed E-state index contributed by atoms with van der Waals surface area (Å²) in [6.07, 6.45) is 2.19. The van der Waals surface area contributed by atoms with Crippen molar-refractivity contribution in [2.24, 2.45) is 0 Å². The Hall–Kier alpha value is -0.640. The predicted molar refractivity (Wildman–Crippen MR) is 56.7 cm³/mol. The Morgan fingerprint density at radius 1 is 1.21 bits per heavy atom. The first-order valence-corrected chi connectivity index (χ1v) is 5.63. The summed E-state index contributed by atoms with van der Waals surface area (Å²) < 4.78 is 29.0. The van der Waals surface area contributed by atoms with E-state index in [9.17, 15) is 13.2 Å². The number of thiol groups is 1. The molecule has 4 heteroatoms. The van der Waals surface area contributed by atoms with Crippen molar-refractivity contribution in [3.05, 3.63) is 35.4 Å². The number of benzene rings is 1. The van der Waals surface area contributed by atoms with E-state index in [1.807, 2.05) is 0 Å². The van der Waals surface area contributed by atoms with Crippen LogP contribution in [0.25, 0.3) is 0 Å². The summed E-state index contributed by atoms with van der Waals surface area (Å²) in [5.74, 6) is 1.19. The van der Waals surface area contributed by atoms with Crippen molar-refractivity contribution < 1.29 is 13.2 Å². The molecule has 0 spiro atoms. The number of alkyl halides is 3. The van der Waals surface area contributed by atoms with Gasteiger partial charge in [0.2, 0.25) is 0 Å². The van der Waals surface area contributed by atoms with Gasteiger partial charge in [0.05, 0.1) is 6.26 Å². The lowest BCUT2D eigenvalue weighted by molar-refractivity contribution is 0.00819. The maximum Gasteiger partial charge on any atom is 0.379 e. The first-order valence-electron chi connectivity index (χ1n) is 4.10. The second-order valence-electron chi connectivity index (χ2n) is 2.65. The van der Waals surface area contributed by atoms with Crippen LogP contribution in [-0.4, -0.2) is 12.9 Å². The summed E-state index contributed by atoms with van der Waals surface area (Å²) in [5.41, 5.74) is 2.89. The van der Waals surface area contributed by atoms with Crippen LogP contribution in [0.1, 0.15) is 11.1 Å². The Balaban J connectivity index is 0.000000364. The fraction of sp³-hybridized carbons (Fsp3) is 0.400. The molecule has 0 aliphatic rings. The molecule has 0 fully saturated rings. The molecule has 0 radical (unpaired) electrons. The lowest BCUT2D eigenvalue weighted by atomic mass is 10.1. The minimum Gasteiger partial charge on any atom is -0.174 e. The maximum atomic E-state index is 9.67. The van der Waals surface area contributed by atoms with Gasteiger partial charge in [-0.05, 0) is 24.2 Å². The molecule has 0 saturated heterocycles. The molecular formula is C10H14F3S+. The van der Waals surface area contributed by atoms with E-state index in [4.69, 9.17) is 0 Å². The zero-order valence-corrected chi connectivity index (χ0v) is 9.07. The molecule has 0 aromatic heterocycles. The summed E-state index contributed by atoms with van der Waals surface area (Å²) in [4.78, 5) is 0. The van der Waals surface area contributed by atoms with Crippen molar-refractivity contribution in [2.45, 2.75) is 19.4 Å². The fourth-order valence-corrected chi connectivity index (χ4v) is 1.65. The van der Waals surface area contributed by atoms with Crippen LogP contribution in [0.4, 0.5) is 13.2 Å². The van der Waals surface area contributed by atoms with Crippen molar-refractivity contribution in [3.63, 3.8) is 0 Å². The van der Waals surface area contributed by atoms with Gasteiger partial charge in [-0.15, -0.1) is 0 Å². The Labute approximate surface area is 86.5 Å². The van der Waals surface area contributed by atoms with Gasteiger partial charge in [0, 0.05) is 5.56 Å². The lowest BCUT2D eigenvalue weighted by Crippen LogP contribution is -1.88. The molecule has 0 saturated carbocycles. The number of halogens is 3. The van der Waals surface area contributed by atoms with E-state index >= 15 is 0 Å². The lowest BCUT2D eigenvalue weighted by Gasteiger charge is -1.97.